The molecule has 0 aromatic heterocycles. The van der Waals surface area contributed by atoms with E-state index in [9.17, 15) is 0 Å². The second kappa shape index (κ2) is 6.15. The number of hydrogen-bond donors (Lipinski definition) is 0. The van der Waals surface area contributed by atoms with Crippen LogP contribution in [0.5, 0.6) is 0 Å². The van der Waals surface area contributed by atoms with Crippen LogP contribution < -0.4 is 0 Å². The molecule has 23 heavy (non-hydrogen) atoms. The first kappa shape index (κ1) is 16.9. The summed E-state index contributed by atoms with van der Waals surface area (Å²) in [4.78, 5) is 4.35. The topological polar surface area (TPSA) is 12.4 Å². The van der Waals surface area contributed by atoms with Crippen LogP contribution in [0.1, 0.15) is 76.0 Å². The van der Waals surface area contributed by atoms with Crippen LogP contribution in [0.15, 0.2) is 23.2 Å². The molecule has 2 heteroatoms. The average Bonchev–Trinajstić information content (AvgIpc) is 2.52. The second-order valence-electron chi connectivity index (χ2n) is 8.50. The number of nitrogens with zero attached hydrogens (tertiary/aromatic N) is 1. The molecule has 1 fully saturated rings. The van der Waals surface area contributed by atoms with Gasteiger partial charge in [-0.3, -0.25) is 0 Å². The smallest absolute Gasteiger partial charge is 0.0585 e. The molecule has 0 heterocycles. The maximum atomic E-state index is 4.83. The zero-order valence-electron chi connectivity index (χ0n) is 15.0. The van der Waals surface area contributed by atoms with E-state index in [1.807, 2.05) is 0 Å². The van der Waals surface area contributed by atoms with Gasteiger partial charge in [0.2, 0.25) is 0 Å². The quantitative estimate of drug-likeness (QED) is 0.495. The molecule has 1 nitrogen and oxygen atoms in total. The summed E-state index contributed by atoms with van der Waals surface area (Å²) in [5.74, 6) is 1.31. The van der Waals surface area contributed by atoms with Gasteiger partial charge in [-0.2, -0.15) is 0 Å². The maximum Gasteiger partial charge on any atom is 0.0585 e. The number of benzene rings is 1. The molecule has 0 N–H and O–H groups in total. The summed E-state index contributed by atoms with van der Waals surface area (Å²) in [5, 5.41) is 2.60. The first-order valence-corrected chi connectivity index (χ1v) is 9.48. The molecule has 3 atom stereocenters. The first-order valence-electron chi connectivity index (χ1n) is 9.08. The fourth-order valence-corrected chi connectivity index (χ4v) is 5.47. The third-order valence-corrected chi connectivity index (χ3v) is 6.80. The van der Waals surface area contributed by atoms with Gasteiger partial charge in [0.05, 0.1) is 11.7 Å². The molecule has 1 aromatic carbocycles. The van der Waals surface area contributed by atoms with Crippen LogP contribution in [0.4, 0.5) is 0 Å². The van der Waals surface area contributed by atoms with Crippen LogP contribution in [0.2, 0.25) is 0 Å². The lowest BCUT2D eigenvalue weighted by Gasteiger charge is -2.55. The van der Waals surface area contributed by atoms with Crippen LogP contribution in [-0.4, -0.2) is 11.7 Å². The molecule has 1 aromatic rings. The molecular weight excluding hydrogens is 298 g/mol. The predicted molar refractivity (Wildman–Crippen MR) is 102 cm³/mol. The van der Waals surface area contributed by atoms with Crippen LogP contribution in [0.25, 0.3) is 0 Å². The Kier molecular flexibility index (Phi) is 4.51. The summed E-state index contributed by atoms with van der Waals surface area (Å²) >= 11 is 4.83. The summed E-state index contributed by atoms with van der Waals surface area (Å²) in [5.41, 5.74) is 5.25. The van der Waals surface area contributed by atoms with E-state index in [4.69, 9.17) is 12.2 Å². The number of thiocarbonyl (C=S) groups is 1. The Hall–Kier alpha value is -0.980. The number of aliphatic imine (C=N–C) groups is 1. The number of aryl methyl sites for hydroxylation is 1. The van der Waals surface area contributed by atoms with E-state index < -0.39 is 0 Å². The third kappa shape index (κ3) is 2.81. The average molecular weight is 328 g/mol. The van der Waals surface area contributed by atoms with Crippen molar-refractivity contribution in [2.24, 2.45) is 16.3 Å². The largest absolute Gasteiger partial charge is 0.232 e. The highest BCUT2D eigenvalue weighted by molar-refractivity contribution is 7.78. The van der Waals surface area contributed by atoms with Crippen molar-refractivity contribution in [3.8, 4) is 0 Å². The number of isothiocyanates is 1. The minimum atomic E-state index is 0.271. The van der Waals surface area contributed by atoms with Gasteiger partial charge in [0.15, 0.2) is 0 Å². The van der Waals surface area contributed by atoms with Crippen LogP contribution >= 0.6 is 12.2 Å². The molecule has 0 bridgehead atoms. The SMILES string of the molecule is CC(C)c1ccc2c(c1)CC[C@@H]1[C@@](C)(CN=C=S)CCC[C@@]21C. The molecule has 0 saturated heterocycles. The fraction of sp³-hybridized carbons (Fsp3) is 0.667. The van der Waals surface area contributed by atoms with Gasteiger partial charge in [0.1, 0.15) is 0 Å². The van der Waals surface area contributed by atoms with Crippen molar-refractivity contribution in [2.45, 2.75) is 71.1 Å². The highest BCUT2D eigenvalue weighted by atomic mass is 32.1. The van der Waals surface area contributed by atoms with E-state index in [1.54, 1.807) is 11.1 Å². The monoisotopic (exact) mass is 327 g/mol. The highest BCUT2D eigenvalue weighted by Crippen LogP contribution is 2.57. The van der Waals surface area contributed by atoms with Crippen LogP contribution in [-0.2, 0) is 11.8 Å². The fourth-order valence-electron chi connectivity index (χ4n) is 5.41. The van der Waals surface area contributed by atoms with Gasteiger partial charge in [-0.1, -0.05) is 52.3 Å². The molecule has 2 aliphatic carbocycles. The second-order valence-corrected chi connectivity index (χ2v) is 8.68. The Morgan fingerprint density at radius 2 is 2.09 bits per heavy atom. The number of hydrogen-bond acceptors (Lipinski definition) is 2. The lowest BCUT2D eigenvalue weighted by atomic mass is 9.50. The van der Waals surface area contributed by atoms with Crippen molar-refractivity contribution in [3.05, 3.63) is 34.9 Å². The maximum absolute atomic E-state index is 4.83. The van der Waals surface area contributed by atoms with Gasteiger partial charge >= 0.3 is 0 Å². The summed E-state index contributed by atoms with van der Waals surface area (Å²) in [6.07, 6.45) is 6.37. The molecule has 3 rings (SSSR count). The van der Waals surface area contributed by atoms with Crippen molar-refractivity contribution in [3.63, 3.8) is 0 Å². The van der Waals surface area contributed by atoms with Crippen molar-refractivity contribution >= 4 is 17.4 Å². The van der Waals surface area contributed by atoms with Gasteiger partial charge in [-0.25, -0.2) is 4.99 Å². The van der Waals surface area contributed by atoms with Gasteiger partial charge < -0.3 is 0 Å². The lowest BCUT2D eigenvalue weighted by molar-refractivity contribution is 0.0332. The summed E-state index contributed by atoms with van der Waals surface area (Å²) in [6.45, 7) is 10.4. The normalized spacial score (nSPS) is 32.8. The Labute approximate surface area is 146 Å². The minimum absolute atomic E-state index is 0.271. The van der Waals surface area contributed by atoms with Gasteiger partial charge in [-0.05, 0) is 77.3 Å². The van der Waals surface area contributed by atoms with Gasteiger partial charge in [0, 0.05) is 0 Å². The molecule has 0 aliphatic heterocycles. The Morgan fingerprint density at radius 1 is 1.30 bits per heavy atom. The molecule has 0 amide bonds. The predicted octanol–water partition coefficient (Wildman–Crippen LogP) is 5.92. The van der Waals surface area contributed by atoms with E-state index in [-0.39, 0.29) is 5.41 Å². The first-order chi connectivity index (χ1) is 10.9. The van der Waals surface area contributed by atoms with Crippen molar-refractivity contribution < 1.29 is 0 Å². The molecule has 0 spiro atoms. The molecule has 0 radical (unpaired) electrons. The summed E-state index contributed by atoms with van der Waals surface area (Å²) < 4.78 is 0. The minimum Gasteiger partial charge on any atom is -0.232 e. The van der Waals surface area contributed by atoms with Gasteiger partial charge in [-0.15, -0.1) is 0 Å². The Balaban J connectivity index is 2.02. The lowest BCUT2D eigenvalue weighted by Crippen LogP contribution is -2.50. The molecule has 124 valence electrons. The molecule has 1 saturated carbocycles. The van der Waals surface area contributed by atoms with Crippen molar-refractivity contribution in [1.82, 2.24) is 0 Å². The standard InChI is InChI=1S/C21H29NS/c1-15(2)16-6-8-18-17(12-16)7-9-19-20(3,13-22-14-23)10-5-11-21(18,19)4/h6,8,12,15,19H,5,7,9-11,13H2,1-4H3/t19-,20-,21+/m1/s1. The summed E-state index contributed by atoms with van der Waals surface area (Å²) in [7, 11) is 0. The molecular formula is C21H29NS. The van der Waals surface area contributed by atoms with E-state index in [0.29, 0.717) is 17.3 Å². The highest BCUT2D eigenvalue weighted by Gasteiger charge is 2.51. The van der Waals surface area contributed by atoms with Gasteiger partial charge in [0.25, 0.3) is 0 Å². The molecule has 2 aliphatic rings. The zero-order valence-corrected chi connectivity index (χ0v) is 15.8. The number of rotatable bonds is 3. The zero-order chi connectivity index (χ0) is 16.7. The van der Waals surface area contributed by atoms with Crippen molar-refractivity contribution in [2.75, 3.05) is 6.54 Å². The Morgan fingerprint density at radius 3 is 2.78 bits per heavy atom. The van der Waals surface area contributed by atoms with E-state index in [1.165, 1.54) is 37.7 Å². The van der Waals surface area contributed by atoms with Crippen molar-refractivity contribution in [1.29, 1.82) is 0 Å². The van der Waals surface area contributed by atoms with Crippen LogP contribution in [0, 0.1) is 11.3 Å². The molecule has 0 unspecified atom stereocenters. The third-order valence-electron chi connectivity index (χ3n) is 6.67. The van der Waals surface area contributed by atoms with Crippen LogP contribution in [0.3, 0.4) is 0 Å². The summed E-state index contributed by atoms with van der Waals surface area (Å²) in [6, 6.07) is 7.27. The number of fused-ring (bicyclic) bond motifs is 3. The van der Waals surface area contributed by atoms with E-state index >= 15 is 0 Å². The van der Waals surface area contributed by atoms with E-state index in [2.05, 4.69) is 56.0 Å². The van der Waals surface area contributed by atoms with E-state index in [0.717, 1.165) is 6.54 Å². The Bertz CT molecular complexity index is 643.